The molecule has 2 rings (SSSR count). The summed E-state index contributed by atoms with van der Waals surface area (Å²) in [5, 5.41) is 10.2. The highest BCUT2D eigenvalue weighted by Gasteiger charge is 2.18. The molecule has 0 aliphatic rings. The second kappa shape index (κ2) is 4.58. The Balaban J connectivity index is 2.74. The molecule has 2 aromatic rings. The minimum atomic E-state index is -0.994. The number of benzene rings is 1. The van der Waals surface area contributed by atoms with Crippen LogP contribution in [0.25, 0.3) is 10.9 Å². The third kappa shape index (κ3) is 2.20. The van der Waals surface area contributed by atoms with Crippen LogP contribution in [0.3, 0.4) is 0 Å². The lowest BCUT2D eigenvalue weighted by Crippen LogP contribution is -2.00. The van der Waals surface area contributed by atoms with Gasteiger partial charge in [0, 0.05) is 11.1 Å². The number of nitrogens with one attached hydrogen (secondary N) is 1. The van der Waals surface area contributed by atoms with E-state index in [4.69, 9.17) is 51.5 Å². The Hall–Kier alpha value is -0.610. The van der Waals surface area contributed by atoms with Crippen LogP contribution in [0.2, 0.25) is 20.1 Å². The zero-order valence-electron chi connectivity index (χ0n) is 8.15. The number of halogens is 4. The number of carboxylic acid groups (broad SMARTS) is 1. The van der Waals surface area contributed by atoms with Crippen LogP contribution in [0.5, 0.6) is 0 Å². The number of fused-ring (bicyclic) bond motifs is 1. The van der Waals surface area contributed by atoms with Crippen molar-refractivity contribution in [3.05, 3.63) is 31.9 Å². The van der Waals surface area contributed by atoms with Gasteiger partial charge >= 0.3 is 5.97 Å². The zero-order valence-corrected chi connectivity index (χ0v) is 11.2. The summed E-state index contributed by atoms with van der Waals surface area (Å²) in [6.45, 7) is 0. The highest BCUT2D eigenvalue weighted by atomic mass is 35.5. The van der Waals surface area contributed by atoms with E-state index >= 15 is 0 Å². The molecule has 0 fully saturated rings. The summed E-state index contributed by atoms with van der Waals surface area (Å²) in [7, 11) is 0. The Morgan fingerprint density at radius 3 is 2.41 bits per heavy atom. The fraction of sp³-hybridized carbons (Fsp3) is 0.100. The molecule has 7 heteroatoms. The fourth-order valence-electron chi connectivity index (χ4n) is 1.55. The molecule has 0 bridgehead atoms. The van der Waals surface area contributed by atoms with Gasteiger partial charge in [-0.25, -0.2) is 0 Å². The summed E-state index contributed by atoms with van der Waals surface area (Å²) < 4.78 is 0. The van der Waals surface area contributed by atoms with Crippen LogP contribution in [0.4, 0.5) is 0 Å². The first-order chi connectivity index (χ1) is 7.91. The number of carboxylic acids is 1. The number of rotatable bonds is 2. The molecule has 0 saturated carbocycles. The van der Waals surface area contributed by atoms with Crippen molar-refractivity contribution in [2.45, 2.75) is 6.42 Å². The molecule has 17 heavy (non-hydrogen) atoms. The van der Waals surface area contributed by atoms with E-state index in [-0.39, 0.29) is 26.5 Å². The monoisotopic (exact) mass is 311 g/mol. The standard InChI is InChI=1S/C10H5Cl4NO2/c11-3-1-4-7(10(14)8(3)12)9(13)5(15-4)2-6(16)17/h1,15H,2H2,(H,16,17). The smallest absolute Gasteiger partial charge is 0.309 e. The molecule has 0 unspecified atom stereocenters. The number of aromatic nitrogens is 1. The van der Waals surface area contributed by atoms with Gasteiger partial charge in [0.2, 0.25) is 0 Å². The quantitative estimate of drug-likeness (QED) is 0.807. The maximum absolute atomic E-state index is 10.7. The van der Waals surface area contributed by atoms with Gasteiger partial charge in [-0.1, -0.05) is 46.4 Å². The van der Waals surface area contributed by atoms with Crippen molar-refractivity contribution in [3.8, 4) is 0 Å². The van der Waals surface area contributed by atoms with Gasteiger partial charge in [0.15, 0.2) is 0 Å². The topological polar surface area (TPSA) is 53.1 Å². The Labute approximate surface area is 116 Å². The van der Waals surface area contributed by atoms with Gasteiger partial charge in [-0.2, -0.15) is 0 Å². The zero-order chi connectivity index (χ0) is 12.7. The Bertz CT molecular complexity index is 621. The lowest BCUT2D eigenvalue weighted by molar-refractivity contribution is -0.136. The van der Waals surface area contributed by atoms with Crippen LogP contribution < -0.4 is 0 Å². The van der Waals surface area contributed by atoms with Crippen molar-refractivity contribution in [3.63, 3.8) is 0 Å². The second-order valence-electron chi connectivity index (χ2n) is 3.40. The second-order valence-corrected chi connectivity index (χ2v) is 4.94. The van der Waals surface area contributed by atoms with Gasteiger partial charge in [0.1, 0.15) is 0 Å². The SMILES string of the molecule is O=C(O)Cc1[nH]c2cc(Cl)c(Cl)c(Cl)c2c1Cl. The third-order valence-corrected chi connectivity index (χ3v) is 3.94. The molecule has 0 aliphatic carbocycles. The van der Waals surface area contributed by atoms with Gasteiger partial charge in [0.05, 0.1) is 32.0 Å². The summed E-state index contributed by atoms with van der Waals surface area (Å²) in [6.07, 6.45) is -0.223. The normalized spacial score (nSPS) is 11.1. The highest BCUT2D eigenvalue weighted by Crippen LogP contribution is 2.41. The molecule has 3 nitrogen and oxygen atoms in total. The van der Waals surface area contributed by atoms with Gasteiger partial charge in [-0.05, 0) is 6.07 Å². The molecule has 0 aliphatic heterocycles. The maximum atomic E-state index is 10.7. The number of aliphatic carboxylic acids is 1. The summed E-state index contributed by atoms with van der Waals surface area (Å²) in [6, 6.07) is 1.56. The number of hydrogen-bond acceptors (Lipinski definition) is 1. The first kappa shape index (κ1) is 12.8. The minimum absolute atomic E-state index is 0.198. The maximum Gasteiger partial charge on any atom is 0.309 e. The minimum Gasteiger partial charge on any atom is -0.481 e. The lowest BCUT2D eigenvalue weighted by atomic mass is 10.2. The number of carbonyl (C=O) groups is 1. The molecule has 1 aromatic carbocycles. The molecule has 0 radical (unpaired) electrons. The Kier molecular flexibility index (Phi) is 3.46. The van der Waals surface area contributed by atoms with Crippen LogP contribution in [-0.4, -0.2) is 16.1 Å². The molecule has 2 N–H and O–H groups in total. The largest absolute Gasteiger partial charge is 0.481 e. The average Bonchev–Trinajstić information content (AvgIpc) is 2.52. The van der Waals surface area contributed by atoms with Gasteiger partial charge in [0.25, 0.3) is 0 Å². The predicted octanol–water partition coefficient (Wildman–Crippen LogP) is 4.41. The van der Waals surface area contributed by atoms with Crippen LogP contribution in [0.1, 0.15) is 5.69 Å². The van der Waals surface area contributed by atoms with Crippen molar-refractivity contribution in [1.82, 2.24) is 4.98 Å². The lowest BCUT2D eigenvalue weighted by Gasteiger charge is -2.00. The molecule has 0 saturated heterocycles. The molecule has 90 valence electrons. The predicted molar refractivity (Wildman–Crippen MR) is 69.7 cm³/mol. The first-order valence-electron chi connectivity index (χ1n) is 4.47. The van der Waals surface area contributed by atoms with Crippen LogP contribution in [0, 0.1) is 0 Å². The van der Waals surface area contributed by atoms with E-state index in [1.165, 1.54) is 0 Å². The van der Waals surface area contributed by atoms with E-state index < -0.39 is 5.97 Å². The van der Waals surface area contributed by atoms with Gasteiger partial charge < -0.3 is 10.1 Å². The van der Waals surface area contributed by atoms with Crippen LogP contribution >= 0.6 is 46.4 Å². The summed E-state index contributed by atoms with van der Waals surface area (Å²) in [5.74, 6) is -0.994. The van der Waals surface area contributed by atoms with Crippen molar-refractivity contribution >= 4 is 63.3 Å². The van der Waals surface area contributed by atoms with Crippen LogP contribution in [-0.2, 0) is 11.2 Å². The van der Waals surface area contributed by atoms with Crippen molar-refractivity contribution in [1.29, 1.82) is 0 Å². The van der Waals surface area contributed by atoms with Crippen LogP contribution in [0.15, 0.2) is 6.07 Å². The van der Waals surface area contributed by atoms with E-state index in [0.717, 1.165) is 0 Å². The Morgan fingerprint density at radius 2 is 1.82 bits per heavy atom. The molecule has 0 spiro atoms. The number of hydrogen-bond donors (Lipinski definition) is 2. The van der Waals surface area contributed by atoms with E-state index in [9.17, 15) is 4.79 Å². The highest BCUT2D eigenvalue weighted by molar-refractivity contribution is 6.52. The fourth-order valence-corrected chi connectivity index (χ4v) is 2.61. The summed E-state index contributed by atoms with van der Waals surface area (Å²) in [5.41, 5.74) is 0.931. The van der Waals surface area contributed by atoms with Crippen molar-refractivity contribution in [2.24, 2.45) is 0 Å². The average molecular weight is 313 g/mol. The molecular formula is C10H5Cl4NO2. The molecule has 1 aromatic heterocycles. The van der Waals surface area contributed by atoms with Gasteiger partial charge in [-0.15, -0.1) is 0 Å². The van der Waals surface area contributed by atoms with E-state index in [0.29, 0.717) is 16.6 Å². The molecular weight excluding hydrogens is 308 g/mol. The first-order valence-corrected chi connectivity index (χ1v) is 5.98. The van der Waals surface area contributed by atoms with Crippen molar-refractivity contribution in [2.75, 3.05) is 0 Å². The third-order valence-electron chi connectivity index (χ3n) is 2.26. The molecule has 0 amide bonds. The molecule has 0 atom stereocenters. The number of H-pyrrole nitrogens is 1. The summed E-state index contributed by atoms with van der Waals surface area (Å²) >= 11 is 23.8. The molecule has 1 heterocycles. The number of aromatic amines is 1. The van der Waals surface area contributed by atoms with Crippen molar-refractivity contribution < 1.29 is 9.90 Å². The van der Waals surface area contributed by atoms with E-state index in [1.54, 1.807) is 6.07 Å². The Morgan fingerprint density at radius 1 is 1.18 bits per heavy atom. The van der Waals surface area contributed by atoms with Gasteiger partial charge in [-0.3, -0.25) is 4.79 Å². The van der Waals surface area contributed by atoms with E-state index in [1.807, 2.05) is 0 Å². The summed E-state index contributed by atoms with van der Waals surface area (Å²) in [4.78, 5) is 13.5. The van der Waals surface area contributed by atoms with E-state index in [2.05, 4.69) is 4.98 Å².